The van der Waals surface area contributed by atoms with Crippen LogP contribution in [0.3, 0.4) is 0 Å². The Labute approximate surface area is 148 Å². The summed E-state index contributed by atoms with van der Waals surface area (Å²) < 4.78 is 5.30. The molecule has 0 bridgehead atoms. The van der Waals surface area contributed by atoms with Gasteiger partial charge in [0.25, 0.3) is 5.91 Å². The van der Waals surface area contributed by atoms with Crippen LogP contribution >= 0.6 is 0 Å². The molecule has 0 spiro atoms. The summed E-state index contributed by atoms with van der Waals surface area (Å²) in [5.41, 5.74) is 1.25. The molecule has 2 fully saturated rings. The molecule has 1 aromatic rings. The second kappa shape index (κ2) is 8.82. The van der Waals surface area contributed by atoms with Crippen LogP contribution in [0.5, 0.6) is 0 Å². The monoisotopic (exact) mass is 346 g/mol. The fourth-order valence-electron chi connectivity index (χ4n) is 3.16. The van der Waals surface area contributed by atoms with Gasteiger partial charge in [0.15, 0.2) is 0 Å². The van der Waals surface area contributed by atoms with E-state index < -0.39 is 0 Å². The van der Waals surface area contributed by atoms with Crippen molar-refractivity contribution in [3.63, 3.8) is 0 Å². The minimum Gasteiger partial charge on any atom is -0.379 e. The Balaban J connectivity index is 1.46. The highest BCUT2D eigenvalue weighted by Crippen LogP contribution is 2.16. The molecular weight excluding hydrogens is 320 g/mol. The van der Waals surface area contributed by atoms with Gasteiger partial charge >= 0.3 is 6.03 Å². The second-order valence-corrected chi connectivity index (χ2v) is 6.42. The van der Waals surface area contributed by atoms with Crippen LogP contribution in [0.25, 0.3) is 0 Å². The van der Waals surface area contributed by atoms with Crippen molar-refractivity contribution in [2.45, 2.75) is 12.8 Å². The van der Waals surface area contributed by atoms with Gasteiger partial charge in [-0.2, -0.15) is 0 Å². The fourth-order valence-corrected chi connectivity index (χ4v) is 3.16. The normalized spacial score (nSPS) is 18.2. The molecule has 136 valence electrons. The van der Waals surface area contributed by atoms with E-state index in [4.69, 9.17) is 4.74 Å². The van der Waals surface area contributed by atoms with Crippen LogP contribution in [0.4, 0.5) is 10.5 Å². The number of amides is 3. The molecule has 7 nitrogen and oxygen atoms in total. The molecule has 2 aliphatic rings. The summed E-state index contributed by atoms with van der Waals surface area (Å²) >= 11 is 0. The maximum absolute atomic E-state index is 12.4. The number of nitrogens with one attached hydrogen (secondary N) is 2. The number of nitrogens with zero attached hydrogens (tertiary/aromatic N) is 2. The molecule has 0 unspecified atom stereocenters. The molecule has 0 radical (unpaired) electrons. The third kappa shape index (κ3) is 5.17. The van der Waals surface area contributed by atoms with Gasteiger partial charge in [-0.1, -0.05) is 6.07 Å². The quantitative estimate of drug-likeness (QED) is 0.845. The van der Waals surface area contributed by atoms with Gasteiger partial charge in [-0.05, 0) is 31.0 Å². The predicted octanol–water partition coefficient (Wildman–Crippen LogP) is 1.38. The molecular formula is C18H26N4O3. The third-order valence-electron chi connectivity index (χ3n) is 4.58. The molecule has 7 heteroatoms. The van der Waals surface area contributed by atoms with Gasteiger partial charge in [0, 0.05) is 50.5 Å². The van der Waals surface area contributed by atoms with E-state index in [1.54, 1.807) is 24.3 Å². The minimum atomic E-state index is -0.251. The molecule has 3 rings (SSSR count). The highest BCUT2D eigenvalue weighted by Gasteiger charge is 2.19. The Morgan fingerprint density at radius 3 is 2.60 bits per heavy atom. The Morgan fingerprint density at radius 1 is 1.08 bits per heavy atom. The van der Waals surface area contributed by atoms with E-state index in [-0.39, 0.29) is 11.9 Å². The maximum atomic E-state index is 12.4. The molecule has 2 heterocycles. The molecule has 0 saturated carbocycles. The molecule has 0 aliphatic carbocycles. The van der Waals surface area contributed by atoms with Crippen LogP contribution in [0.1, 0.15) is 23.2 Å². The Morgan fingerprint density at radius 2 is 1.84 bits per heavy atom. The summed E-state index contributed by atoms with van der Waals surface area (Å²) in [5.74, 6) is 0.0360. The summed E-state index contributed by atoms with van der Waals surface area (Å²) in [5, 5.41) is 5.66. The smallest absolute Gasteiger partial charge is 0.319 e. The number of urea groups is 1. The number of carbonyl (C=O) groups excluding carboxylic acids is 2. The van der Waals surface area contributed by atoms with E-state index >= 15 is 0 Å². The first-order chi connectivity index (χ1) is 12.2. The zero-order valence-electron chi connectivity index (χ0n) is 14.5. The molecule has 0 atom stereocenters. The van der Waals surface area contributed by atoms with E-state index in [1.807, 2.05) is 4.90 Å². The number of ether oxygens (including phenoxy) is 1. The SMILES string of the molecule is O=C(NCCN1CCOCC1)Nc1cccc(C(=O)N2CCCC2)c1. The van der Waals surface area contributed by atoms with E-state index in [0.29, 0.717) is 17.8 Å². The Kier molecular flexibility index (Phi) is 6.25. The summed E-state index contributed by atoms with van der Waals surface area (Å²) in [4.78, 5) is 28.6. The number of anilines is 1. The highest BCUT2D eigenvalue weighted by molar-refractivity contribution is 5.97. The fraction of sp³-hybridized carbons (Fsp3) is 0.556. The average molecular weight is 346 g/mol. The largest absolute Gasteiger partial charge is 0.379 e. The van der Waals surface area contributed by atoms with Gasteiger partial charge in [0.1, 0.15) is 0 Å². The van der Waals surface area contributed by atoms with E-state index in [9.17, 15) is 9.59 Å². The van der Waals surface area contributed by atoms with Crippen molar-refractivity contribution in [1.82, 2.24) is 15.1 Å². The highest BCUT2D eigenvalue weighted by atomic mass is 16.5. The van der Waals surface area contributed by atoms with Gasteiger partial charge < -0.3 is 20.3 Å². The lowest BCUT2D eigenvalue weighted by Gasteiger charge is -2.26. The zero-order chi connectivity index (χ0) is 17.5. The van der Waals surface area contributed by atoms with Crippen molar-refractivity contribution in [2.75, 3.05) is 57.8 Å². The first-order valence-corrected chi connectivity index (χ1v) is 8.97. The lowest BCUT2D eigenvalue weighted by molar-refractivity contribution is 0.0388. The van der Waals surface area contributed by atoms with Crippen molar-refractivity contribution in [3.8, 4) is 0 Å². The standard InChI is InChI=1S/C18H26N4O3/c23-17(22-7-1-2-8-22)15-4-3-5-16(14-15)20-18(24)19-6-9-21-10-12-25-13-11-21/h3-5,14H,1-2,6-13H2,(H2,19,20,24). The zero-order valence-corrected chi connectivity index (χ0v) is 14.5. The molecule has 2 saturated heterocycles. The molecule has 2 aliphatic heterocycles. The molecule has 0 aromatic heterocycles. The minimum absolute atomic E-state index is 0.0360. The number of benzene rings is 1. The van der Waals surface area contributed by atoms with Crippen LogP contribution in [-0.2, 0) is 4.74 Å². The predicted molar refractivity (Wildman–Crippen MR) is 95.9 cm³/mol. The summed E-state index contributed by atoms with van der Waals surface area (Å²) in [6.45, 7) is 6.35. The number of hydrogen-bond donors (Lipinski definition) is 2. The number of morpholine rings is 1. The van der Waals surface area contributed by atoms with Gasteiger partial charge in [0.05, 0.1) is 13.2 Å². The van der Waals surface area contributed by atoms with Crippen LogP contribution in [0, 0.1) is 0 Å². The van der Waals surface area contributed by atoms with Gasteiger partial charge in [-0.3, -0.25) is 9.69 Å². The van der Waals surface area contributed by atoms with Crippen molar-refractivity contribution in [2.24, 2.45) is 0 Å². The van der Waals surface area contributed by atoms with Crippen molar-refractivity contribution in [1.29, 1.82) is 0 Å². The Bertz CT molecular complexity index is 596. The van der Waals surface area contributed by atoms with Crippen LogP contribution in [-0.4, -0.2) is 74.2 Å². The van der Waals surface area contributed by atoms with Gasteiger partial charge in [-0.25, -0.2) is 4.79 Å². The van der Waals surface area contributed by atoms with E-state index in [2.05, 4.69) is 15.5 Å². The van der Waals surface area contributed by atoms with E-state index in [0.717, 1.165) is 58.8 Å². The van der Waals surface area contributed by atoms with Crippen molar-refractivity contribution in [3.05, 3.63) is 29.8 Å². The first-order valence-electron chi connectivity index (χ1n) is 8.97. The topological polar surface area (TPSA) is 73.9 Å². The van der Waals surface area contributed by atoms with Crippen molar-refractivity contribution < 1.29 is 14.3 Å². The molecule has 1 aromatic carbocycles. The van der Waals surface area contributed by atoms with Gasteiger partial charge in [0.2, 0.25) is 0 Å². The van der Waals surface area contributed by atoms with Crippen LogP contribution in [0.2, 0.25) is 0 Å². The maximum Gasteiger partial charge on any atom is 0.319 e. The molecule has 25 heavy (non-hydrogen) atoms. The van der Waals surface area contributed by atoms with Crippen LogP contribution in [0.15, 0.2) is 24.3 Å². The number of carbonyl (C=O) groups is 2. The van der Waals surface area contributed by atoms with Crippen molar-refractivity contribution >= 4 is 17.6 Å². The van der Waals surface area contributed by atoms with Crippen LogP contribution < -0.4 is 10.6 Å². The van der Waals surface area contributed by atoms with E-state index in [1.165, 1.54) is 0 Å². The number of hydrogen-bond acceptors (Lipinski definition) is 4. The molecule has 2 N–H and O–H groups in total. The molecule has 3 amide bonds. The van der Waals surface area contributed by atoms with Gasteiger partial charge in [-0.15, -0.1) is 0 Å². The summed E-state index contributed by atoms with van der Waals surface area (Å²) in [6.07, 6.45) is 2.13. The number of rotatable bonds is 5. The number of likely N-dealkylation sites (tertiary alicyclic amines) is 1. The Hall–Kier alpha value is -2.12. The first kappa shape index (κ1) is 17.7. The second-order valence-electron chi connectivity index (χ2n) is 6.42. The third-order valence-corrected chi connectivity index (χ3v) is 4.58. The lowest BCUT2D eigenvalue weighted by Crippen LogP contribution is -2.42. The average Bonchev–Trinajstić information content (AvgIpc) is 3.17. The lowest BCUT2D eigenvalue weighted by atomic mass is 10.2. The summed E-state index contributed by atoms with van der Waals surface area (Å²) in [7, 11) is 0. The summed E-state index contributed by atoms with van der Waals surface area (Å²) in [6, 6.07) is 6.87.